The number of carbonyl (C=O) groups is 1. The normalized spacial score (nSPS) is 15.7. The standard InChI is InChI=1S/C10H9N3OS2/c1-5-12-4-6-7(13-5)8-9(16-6)10(14)11-2-3-15-8/h4H,2-3H2,1H3,(H,11,14). The zero-order chi connectivity index (χ0) is 11.1. The largest absolute Gasteiger partial charge is 0.350 e. The Bertz CT molecular complexity index is 579. The third kappa shape index (κ3) is 1.49. The highest BCUT2D eigenvalue weighted by Gasteiger charge is 2.22. The number of amides is 1. The van der Waals surface area contributed by atoms with E-state index in [2.05, 4.69) is 15.3 Å². The number of thiophene rings is 1. The number of nitrogens with one attached hydrogen (secondary N) is 1. The predicted octanol–water partition coefficient (Wildman–Crippen LogP) is 1.84. The fourth-order valence-electron chi connectivity index (χ4n) is 1.64. The first-order valence-corrected chi connectivity index (χ1v) is 6.73. The quantitative estimate of drug-likeness (QED) is 0.776. The van der Waals surface area contributed by atoms with Crippen LogP contribution in [0.25, 0.3) is 10.2 Å². The third-order valence-corrected chi connectivity index (χ3v) is 4.69. The Balaban J connectivity index is 2.30. The Morgan fingerprint density at radius 3 is 3.25 bits per heavy atom. The van der Waals surface area contributed by atoms with Gasteiger partial charge in [-0.25, -0.2) is 9.97 Å². The summed E-state index contributed by atoms with van der Waals surface area (Å²) in [6.07, 6.45) is 1.80. The van der Waals surface area contributed by atoms with Gasteiger partial charge in [0.05, 0.1) is 15.1 Å². The summed E-state index contributed by atoms with van der Waals surface area (Å²) in [5.74, 6) is 1.66. The molecule has 1 amide bonds. The molecular formula is C10H9N3OS2. The Labute approximate surface area is 100 Å². The number of carbonyl (C=O) groups excluding carboxylic acids is 1. The summed E-state index contributed by atoms with van der Waals surface area (Å²) in [5.41, 5.74) is 0.926. The number of hydrogen-bond acceptors (Lipinski definition) is 5. The average molecular weight is 251 g/mol. The Morgan fingerprint density at radius 2 is 2.38 bits per heavy atom. The van der Waals surface area contributed by atoms with Gasteiger partial charge in [0.25, 0.3) is 5.91 Å². The van der Waals surface area contributed by atoms with Gasteiger partial charge in [-0.1, -0.05) is 0 Å². The van der Waals surface area contributed by atoms with Crippen molar-refractivity contribution in [3.8, 4) is 0 Å². The van der Waals surface area contributed by atoms with Gasteiger partial charge in [0.2, 0.25) is 0 Å². The lowest BCUT2D eigenvalue weighted by Crippen LogP contribution is -2.22. The fraction of sp³-hybridized carbons (Fsp3) is 0.300. The summed E-state index contributed by atoms with van der Waals surface area (Å²) < 4.78 is 0.986. The number of fused-ring (bicyclic) bond motifs is 3. The second-order valence-corrected chi connectivity index (χ2v) is 5.65. The number of rotatable bonds is 0. The molecule has 1 N–H and O–H groups in total. The zero-order valence-corrected chi connectivity index (χ0v) is 10.2. The van der Waals surface area contributed by atoms with E-state index in [-0.39, 0.29) is 5.91 Å². The highest BCUT2D eigenvalue weighted by atomic mass is 32.2. The van der Waals surface area contributed by atoms with Crippen molar-refractivity contribution < 1.29 is 4.79 Å². The molecule has 0 spiro atoms. The molecule has 3 rings (SSSR count). The van der Waals surface area contributed by atoms with Crippen molar-refractivity contribution in [3.05, 3.63) is 16.9 Å². The molecule has 2 aromatic heterocycles. The van der Waals surface area contributed by atoms with Crippen LogP contribution >= 0.6 is 23.1 Å². The summed E-state index contributed by atoms with van der Waals surface area (Å²) in [7, 11) is 0. The van der Waals surface area contributed by atoms with Gasteiger partial charge in [-0.2, -0.15) is 0 Å². The molecule has 3 heterocycles. The number of thioether (sulfide) groups is 1. The van der Waals surface area contributed by atoms with E-state index in [1.54, 1.807) is 18.0 Å². The van der Waals surface area contributed by atoms with Gasteiger partial charge in [-0.15, -0.1) is 23.1 Å². The lowest BCUT2D eigenvalue weighted by molar-refractivity contribution is 0.0959. The van der Waals surface area contributed by atoms with E-state index < -0.39 is 0 Å². The van der Waals surface area contributed by atoms with Crippen LogP contribution in [0.4, 0.5) is 0 Å². The number of hydrogen-bond donors (Lipinski definition) is 1. The fourth-order valence-corrected chi connectivity index (χ4v) is 3.86. The number of nitrogens with zero attached hydrogens (tertiary/aromatic N) is 2. The molecule has 0 fully saturated rings. The molecule has 6 heteroatoms. The van der Waals surface area contributed by atoms with Crippen LogP contribution in [-0.2, 0) is 0 Å². The molecule has 0 radical (unpaired) electrons. The van der Waals surface area contributed by atoms with E-state index in [1.165, 1.54) is 11.3 Å². The monoisotopic (exact) mass is 251 g/mol. The molecule has 0 aromatic carbocycles. The van der Waals surface area contributed by atoms with E-state index in [0.717, 1.165) is 38.1 Å². The molecule has 0 saturated heterocycles. The van der Waals surface area contributed by atoms with Gasteiger partial charge in [0, 0.05) is 18.5 Å². The summed E-state index contributed by atoms with van der Waals surface area (Å²) in [4.78, 5) is 22.2. The van der Waals surface area contributed by atoms with E-state index in [4.69, 9.17) is 0 Å². The van der Waals surface area contributed by atoms with Crippen LogP contribution in [0.3, 0.4) is 0 Å². The SMILES string of the molecule is Cc1ncc2sc3c(c2n1)SCCNC3=O. The van der Waals surface area contributed by atoms with Crippen LogP contribution in [0.5, 0.6) is 0 Å². The molecule has 0 bridgehead atoms. The van der Waals surface area contributed by atoms with Crippen molar-refractivity contribution in [2.45, 2.75) is 11.8 Å². The molecule has 0 unspecified atom stereocenters. The van der Waals surface area contributed by atoms with Gasteiger partial charge < -0.3 is 5.32 Å². The minimum absolute atomic E-state index is 0.0145. The summed E-state index contributed by atoms with van der Waals surface area (Å²) >= 11 is 3.17. The maximum atomic E-state index is 11.8. The third-order valence-electron chi connectivity index (χ3n) is 2.35. The summed E-state index contributed by atoms with van der Waals surface area (Å²) in [6, 6.07) is 0. The van der Waals surface area contributed by atoms with Crippen molar-refractivity contribution in [3.63, 3.8) is 0 Å². The van der Waals surface area contributed by atoms with Crippen molar-refractivity contribution in [2.24, 2.45) is 0 Å². The minimum atomic E-state index is 0.0145. The van der Waals surface area contributed by atoms with Crippen LogP contribution < -0.4 is 5.32 Å². The summed E-state index contributed by atoms with van der Waals surface area (Å²) in [6.45, 7) is 2.58. The number of aryl methyl sites for hydroxylation is 1. The van der Waals surface area contributed by atoms with E-state index >= 15 is 0 Å². The lowest BCUT2D eigenvalue weighted by Gasteiger charge is -1.96. The molecule has 0 saturated carbocycles. The first-order chi connectivity index (χ1) is 7.75. The van der Waals surface area contributed by atoms with E-state index in [9.17, 15) is 4.79 Å². The molecule has 1 aliphatic heterocycles. The smallest absolute Gasteiger partial charge is 0.262 e. The number of aromatic nitrogens is 2. The first kappa shape index (κ1) is 10.0. The van der Waals surface area contributed by atoms with Crippen LogP contribution in [0.15, 0.2) is 11.1 Å². The van der Waals surface area contributed by atoms with E-state index in [0.29, 0.717) is 0 Å². The van der Waals surface area contributed by atoms with Crippen molar-refractivity contribution in [1.82, 2.24) is 15.3 Å². The predicted molar refractivity (Wildman–Crippen MR) is 65.2 cm³/mol. The topological polar surface area (TPSA) is 54.9 Å². The van der Waals surface area contributed by atoms with Gasteiger partial charge in [-0.3, -0.25) is 4.79 Å². The van der Waals surface area contributed by atoms with Crippen LogP contribution in [0.1, 0.15) is 15.5 Å². The zero-order valence-electron chi connectivity index (χ0n) is 8.61. The van der Waals surface area contributed by atoms with Gasteiger partial charge in [-0.05, 0) is 6.92 Å². The minimum Gasteiger partial charge on any atom is -0.350 e. The Hall–Kier alpha value is -1.14. The lowest BCUT2D eigenvalue weighted by atomic mass is 10.4. The van der Waals surface area contributed by atoms with Crippen molar-refractivity contribution in [2.75, 3.05) is 12.3 Å². The second-order valence-electron chi connectivity index (χ2n) is 3.49. The molecular weight excluding hydrogens is 242 g/mol. The first-order valence-electron chi connectivity index (χ1n) is 4.93. The van der Waals surface area contributed by atoms with Gasteiger partial charge in [0.1, 0.15) is 10.7 Å². The van der Waals surface area contributed by atoms with Crippen LogP contribution in [-0.4, -0.2) is 28.2 Å². The van der Waals surface area contributed by atoms with Crippen molar-refractivity contribution in [1.29, 1.82) is 0 Å². The molecule has 16 heavy (non-hydrogen) atoms. The maximum absolute atomic E-state index is 11.8. The van der Waals surface area contributed by atoms with Gasteiger partial charge in [0.15, 0.2) is 0 Å². The van der Waals surface area contributed by atoms with Crippen molar-refractivity contribution >= 4 is 39.2 Å². The molecule has 0 atom stereocenters. The highest BCUT2D eigenvalue weighted by molar-refractivity contribution is 7.99. The van der Waals surface area contributed by atoms with Gasteiger partial charge >= 0.3 is 0 Å². The molecule has 2 aromatic rings. The molecule has 0 aliphatic carbocycles. The average Bonchev–Trinajstić information content (AvgIpc) is 2.52. The Kier molecular flexibility index (Phi) is 2.33. The van der Waals surface area contributed by atoms with E-state index in [1.807, 2.05) is 6.92 Å². The summed E-state index contributed by atoms with van der Waals surface area (Å²) in [5, 5.41) is 2.88. The maximum Gasteiger partial charge on any atom is 0.262 e. The molecule has 82 valence electrons. The van der Waals surface area contributed by atoms with Crippen LogP contribution in [0, 0.1) is 6.92 Å². The second kappa shape index (κ2) is 3.71. The molecule has 4 nitrogen and oxygen atoms in total. The molecule has 1 aliphatic rings. The Morgan fingerprint density at radius 1 is 1.50 bits per heavy atom. The highest BCUT2D eigenvalue weighted by Crippen LogP contribution is 2.37. The van der Waals surface area contributed by atoms with Crippen LogP contribution in [0.2, 0.25) is 0 Å².